The standard InChI is InChI=1S/C14H13F3N2O2/c15-14(16,17)12-4-1-9(6-18-12)7-19(10-2-3-10)11-5-13(20)21-8-11/h1,4-6,10H,2-3,7-8H2. The van der Waals surface area contributed by atoms with E-state index in [9.17, 15) is 18.0 Å². The maximum Gasteiger partial charge on any atom is 0.433 e. The van der Waals surface area contributed by atoms with Crippen LogP contribution in [0.3, 0.4) is 0 Å². The van der Waals surface area contributed by atoms with Crippen molar-refractivity contribution in [2.75, 3.05) is 6.61 Å². The van der Waals surface area contributed by atoms with Gasteiger partial charge in [-0.2, -0.15) is 13.2 Å². The average Bonchev–Trinajstić information content (AvgIpc) is 3.17. The summed E-state index contributed by atoms with van der Waals surface area (Å²) >= 11 is 0. The molecule has 0 amide bonds. The largest absolute Gasteiger partial charge is 0.456 e. The Kier molecular flexibility index (Phi) is 3.35. The molecule has 0 saturated heterocycles. The number of esters is 1. The van der Waals surface area contributed by atoms with Gasteiger partial charge in [0.15, 0.2) is 0 Å². The summed E-state index contributed by atoms with van der Waals surface area (Å²) in [6.45, 7) is 0.654. The molecule has 0 radical (unpaired) electrons. The number of carbonyl (C=O) groups excluding carboxylic acids is 1. The molecule has 1 aromatic heterocycles. The molecule has 1 fully saturated rings. The van der Waals surface area contributed by atoms with Crippen molar-refractivity contribution in [3.05, 3.63) is 41.4 Å². The van der Waals surface area contributed by atoms with Crippen molar-refractivity contribution in [3.8, 4) is 0 Å². The molecule has 1 saturated carbocycles. The van der Waals surface area contributed by atoms with E-state index in [0.717, 1.165) is 24.6 Å². The average molecular weight is 298 g/mol. The lowest BCUT2D eigenvalue weighted by atomic mass is 10.2. The second-order valence-electron chi connectivity index (χ2n) is 5.15. The van der Waals surface area contributed by atoms with E-state index in [0.29, 0.717) is 18.2 Å². The highest BCUT2D eigenvalue weighted by Gasteiger charge is 2.34. The van der Waals surface area contributed by atoms with Crippen LogP contribution in [0.25, 0.3) is 0 Å². The van der Waals surface area contributed by atoms with E-state index in [1.807, 2.05) is 4.90 Å². The quantitative estimate of drug-likeness (QED) is 0.801. The first-order chi connectivity index (χ1) is 9.93. The molecule has 3 rings (SSSR count). The van der Waals surface area contributed by atoms with Crippen molar-refractivity contribution in [2.45, 2.75) is 31.6 Å². The number of rotatable bonds is 4. The van der Waals surface area contributed by atoms with Gasteiger partial charge in [0.25, 0.3) is 0 Å². The summed E-state index contributed by atoms with van der Waals surface area (Å²) in [7, 11) is 0. The molecule has 0 N–H and O–H groups in total. The maximum absolute atomic E-state index is 12.5. The monoisotopic (exact) mass is 298 g/mol. The number of hydrogen-bond donors (Lipinski definition) is 0. The van der Waals surface area contributed by atoms with Crippen molar-refractivity contribution < 1.29 is 22.7 Å². The minimum absolute atomic E-state index is 0.226. The zero-order chi connectivity index (χ0) is 15.0. The predicted octanol–water partition coefficient (Wildman–Crippen LogP) is 2.51. The normalized spacial score (nSPS) is 18.4. The first-order valence-electron chi connectivity index (χ1n) is 6.59. The third-order valence-electron chi connectivity index (χ3n) is 3.47. The van der Waals surface area contributed by atoms with Crippen LogP contribution in [0.4, 0.5) is 13.2 Å². The van der Waals surface area contributed by atoms with Crippen LogP contribution in [0.15, 0.2) is 30.1 Å². The van der Waals surface area contributed by atoms with Gasteiger partial charge in [-0.05, 0) is 24.5 Å². The van der Waals surface area contributed by atoms with Crippen molar-refractivity contribution in [1.82, 2.24) is 9.88 Å². The highest BCUT2D eigenvalue weighted by molar-refractivity contribution is 5.85. The third-order valence-corrected chi connectivity index (χ3v) is 3.47. The van der Waals surface area contributed by atoms with E-state index in [1.54, 1.807) is 0 Å². The van der Waals surface area contributed by atoms with Crippen LogP contribution < -0.4 is 0 Å². The fourth-order valence-corrected chi connectivity index (χ4v) is 2.26. The van der Waals surface area contributed by atoms with Crippen LogP contribution in [0.2, 0.25) is 0 Å². The number of aromatic nitrogens is 1. The molecule has 1 aliphatic carbocycles. The van der Waals surface area contributed by atoms with Gasteiger partial charge in [-0.15, -0.1) is 0 Å². The van der Waals surface area contributed by atoms with E-state index in [4.69, 9.17) is 4.74 Å². The first-order valence-corrected chi connectivity index (χ1v) is 6.59. The van der Waals surface area contributed by atoms with Gasteiger partial charge in [-0.1, -0.05) is 6.07 Å². The Balaban J connectivity index is 1.74. The van der Waals surface area contributed by atoms with Crippen LogP contribution in [0, 0.1) is 0 Å². The van der Waals surface area contributed by atoms with Crippen LogP contribution in [-0.2, 0) is 22.3 Å². The van der Waals surface area contributed by atoms with Gasteiger partial charge in [0, 0.05) is 24.9 Å². The lowest BCUT2D eigenvalue weighted by Gasteiger charge is -2.24. The zero-order valence-corrected chi connectivity index (χ0v) is 11.1. The molecular weight excluding hydrogens is 285 g/mol. The Labute approximate surface area is 119 Å². The van der Waals surface area contributed by atoms with E-state index in [-0.39, 0.29) is 12.6 Å². The molecule has 112 valence electrons. The van der Waals surface area contributed by atoms with Gasteiger partial charge in [0.1, 0.15) is 12.3 Å². The Morgan fingerprint density at radius 2 is 2.10 bits per heavy atom. The molecule has 2 aliphatic rings. The van der Waals surface area contributed by atoms with Gasteiger partial charge >= 0.3 is 12.1 Å². The molecule has 0 bridgehead atoms. The Hall–Kier alpha value is -2.05. The molecule has 1 aromatic rings. The Morgan fingerprint density at radius 1 is 1.33 bits per heavy atom. The summed E-state index contributed by atoms with van der Waals surface area (Å²) in [6, 6.07) is 2.72. The number of nitrogens with zero attached hydrogens (tertiary/aromatic N) is 2. The van der Waals surface area contributed by atoms with Gasteiger partial charge in [0.2, 0.25) is 0 Å². The predicted molar refractivity (Wildman–Crippen MR) is 66.8 cm³/mol. The topological polar surface area (TPSA) is 42.4 Å². The second kappa shape index (κ2) is 5.05. The van der Waals surface area contributed by atoms with Gasteiger partial charge in [-0.3, -0.25) is 4.98 Å². The van der Waals surface area contributed by atoms with Crippen LogP contribution in [-0.4, -0.2) is 28.5 Å². The molecule has 2 heterocycles. The first kappa shape index (κ1) is 13.9. The molecular formula is C14H13F3N2O2. The molecule has 0 spiro atoms. The Bertz CT molecular complexity index is 577. The van der Waals surface area contributed by atoms with Crippen molar-refractivity contribution in [1.29, 1.82) is 0 Å². The smallest absolute Gasteiger partial charge is 0.433 e. The summed E-state index contributed by atoms with van der Waals surface area (Å²) in [6.07, 6.45) is 0.272. The highest BCUT2D eigenvalue weighted by atomic mass is 19.4. The maximum atomic E-state index is 12.5. The van der Waals surface area contributed by atoms with Crippen LogP contribution >= 0.6 is 0 Å². The summed E-state index contributed by atoms with van der Waals surface area (Å²) in [5.41, 5.74) is 0.556. The van der Waals surface area contributed by atoms with Crippen molar-refractivity contribution in [3.63, 3.8) is 0 Å². The lowest BCUT2D eigenvalue weighted by molar-refractivity contribution is -0.141. The number of ether oxygens (including phenoxy) is 1. The van der Waals surface area contributed by atoms with Gasteiger partial charge in [0.05, 0.1) is 5.70 Å². The molecule has 1 aliphatic heterocycles. The van der Waals surface area contributed by atoms with Gasteiger partial charge in [-0.25, -0.2) is 4.79 Å². The fraction of sp³-hybridized carbons (Fsp3) is 0.429. The zero-order valence-electron chi connectivity index (χ0n) is 11.1. The molecule has 21 heavy (non-hydrogen) atoms. The number of carbonyl (C=O) groups is 1. The third kappa shape index (κ3) is 3.17. The Morgan fingerprint density at radius 3 is 2.57 bits per heavy atom. The number of hydrogen-bond acceptors (Lipinski definition) is 4. The molecule has 0 atom stereocenters. The van der Waals surface area contributed by atoms with Crippen LogP contribution in [0.1, 0.15) is 24.1 Å². The molecule has 4 nitrogen and oxygen atoms in total. The molecule has 0 unspecified atom stereocenters. The number of halogens is 3. The summed E-state index contributed by atoms with van der Waals surface area (Å²) < 4.78 is 42.3. The molecule has 7 heteroatoms. The number of alkyl halides is 3. The minimum atomic E-state index is -4.43. The van der Waals surface area contributed by atoms with E-state index in [2.05, 4.69) is 4.98 Å². The van der Waals surface area contributed by atoms with Gasteiger partial charge < -0.3 is 9.64 Å². The van der Waals surface area contributed by atoms with Crippen molar-refractivity contribution >= 4 is 5.97 Å². The second-order valence-corrected chi connectivity index (χ2v) is 5.15. The number of cyclic esters (lactones) is 1. The minimum Gasteiger partial charge on any atom is -0.456 e. The van der Waals surface area contributed by atoms with E-state index in [1.165, 1.54) is 18.3 Å². The fourth-order valence-electron chi connectivity index (χ4n) is 2.26. The summed E-state index contributed by atoms with van der Waals surface area (Å²) in [5.74, 6) is -0.374. The van der Waals surface area contributed by atoms with Crippen molar-refractivity contribution in [2.24, 2.45) is 0 Å². The summed E-state index contributed by atoms with van der Waals surface area (Å²) in [4.78, 5) is 16.6. The van der Waals surface area contributed by atoms with E-state index >= 15 is 0 Å². The SMILES string of the molecule is O=C1C=C(N(Cc2ccc(C(F)(F)F)nc2)C2CC2)CO1. The van der Waals surface area contributed by atoms with E-state index < -0.39 is 11.9 Å². The van der Waals surface area contributed by atoms with Crippen LogP contribution in [0.5, 0.6) is 0 Å². The number of pyridine rings is 1. The highest BCUT2D eigenvalue weighted by Crippen LogP contribution is 2.33. The summed E-state index contributed by atoms with van der Waals surface area (Å²) in [5, 5.41) is 0. The lowest BCUT2D eigenvalue weighted by Crippen LogP contribution is -2.26. The molecule has 0 aromatic carbocycles.